The fourth-order valence-corrected chi connectivity index (χ4v) is 9.74. The molecule has 0 spiro atoms. The molecule has 5 nitrogen and oxygen atoms in total. The lowest BCUT2D eigenvalue weighted by Gasteiger charge is -2.11. The smallest absolute Gasteiger partial charge is 0.164 e. The molecule has 0 bridgehead atoms. The molecule has 290 valence electrons. The molecule has 0 aliphatic heterocycles. The van der Waals surface area contributed by atoms with E-state index >= 15 is 0 Å². The average molecular weight is 810 g/mol. The molecule has 0 saturated carbocycles. The molecule has 4 heterocycles. The highest BCUT2D eigenvalue weighted by molar-refractivity contribution is 7.25. The van der Waals surface area contributed by atoms with Gasteiger partial charge in [0.15, 0.2) is 17.5 Å². The first kappa shape index (κ1) is 35.8. The zero-order valence-electron chi connectivity index (χ0n) is 33.4. The minimum absolute atomic E-state index is 0.593. The van der Waals surface area contributed by atoms with Gasteiger partial charge >= 0.3 is 0 Å². The second kappa shape index (κ2) is 14.9. The Morgan fingerprint density at radius 2 is 0.871 bits per heavy atom. The summed E-state index contributed by atoms with van der Waals surface area (Å²) in [5.41, 5.74) is 12.2. The van der Waals surface area contributed by atoms with Crippen molar-refractivity contribution >= 4 is 47.8 Å². The molecule has 0 radical (unpaired) electrons. The third kappa shape index (κ3) is 6.24. The number of hydrogen-bond acceptors (Lipinski definition) is 5. The maximum Gasteiger partial charge on any atom is 0.164 e. The molecule has 0 fully saturated rings. The summed E-state index contributed by atoms with van der Waals surface area (Å²) < 4.78 is 4.73. The summed E-state index contributed by atoms with van der Waals surface area (Å²) in [4.78, 5) is 15.4. The largest absolute Gasteiger partial charge is 0.231 e. The van der Waals surface area contributed by atoms with Crippen LogP contribution >= 0.6 is 11.3 Å². The van der Waals surface area contributed by atoms with E-state index in [0.29, 0.717) is 17.5 Å². The van der Waals surface area contributed by atoms with Crippen molar-refractivity contribution in [1.82, 2.24) is 24.6 Å². The summed E-state index contributed by atoms with van der Waals surface area (Å²) in [5.74, 6) is 1.82. The Balaban J connectivity index is 1.00. The van der Waals surface area contributed by atoms with Gasteiger partial charge in [-0.3, -0.25) is 0 Å². The molecule has 12 aromatic rings. The molecule has 4 aromatic heterocycles. The lowest BCUT2D eigenvalue weighted by atomic mass is 9.96. The molecule has 0 unspecified atom stereocenters. The van der Waals surface area contributed by atoms with Crippen LogP contribution in [-0.2, 0) is 0 Å². The second-order valence-corrected chi connectivity index (χ2v) is 16.6. The SMILES string of the molecule is c1ccc(-c2nc(-c3ccc(-c4ccc5sc6ccccc6c5c4)cc3)nc(-c3cccc(-c4nn5c(-c6ccccc6)cc6ccccc6c5c4-c4ccccc4)c3)n2)cc1. The Morgan fingerprint density at radius 1 is 0.339 bits per heavy atom. The van der Waals surface area contributed by atoms with Crippen LogP contribution in [0.15, 0.2) is 212 Å². The number of hydrogen-bond donors (Lipinski definition) is 0. The second-order valence-electron chi connectivity index (χ2n) is 15.5. The number of nitrogens with zero attached hydrogens (tertiary/aromatic N) is 5. The van der Waals surface area contributed by atoms with Gasteiger partial charge in [0.05, 0.1) is 11.2 Å². The number of benzene rings is 8. The fraction of sp³-hybridized carbons (Fsp3) is 0. The zero-order chi connectivity index (χ0) is 41.0. The molecule has 12 rings (SSSR count). The highest BCUT2D eigenvalue weighted by atomic mass is 32.1. The number of aromatic nitrogens is 5. The summed E-state index contributed by atoms with van der Waals surface area (Å²) in [6.45, 7) is 0. The number of pyridine rings is 1. The minimum atomic E-state index is 0.593. The molecule has 0 saturated heterocycles. The van der Waals surface area contributed by atoms with Gasteiger partial charge in [-0.15, -0.1) is 11.3 Å². The standard InChI is InChI=1S/C56H35N5S/c1-4-15-37(16-5-1)48-35-42-21-10-11-24-45(42)53-51(38-17-6-2-7-18-38)52(60-61(48)53)43-22-14-23-44(33-43)56-58-54(39-19-8-3-9-20-39)57-55(59-56)40-29-27-36(28-30-40)41-31-32-50-47(34-41)46-25-12-13-26-49(46)62-50/h1-35H. The van der Waals surface area contributed by atoms with Gasteiger partial charge in [0.2, 0.25) is 0 Å². The first-order valence-corrected chi connectivity index (χ1v) is 21.5. The van der Waals surface area contributed by atoms with Crippen molar-refractivity contribution in [3.63, 3.8) is 0 Å². The topological polar surface area (TPSA) is 56.0 Å². The van der Waals surface area contributed by atoms with Crippen LogP contribution in [0.2, 0.25) is 0 Å². The van der Waals surface area contributed by atoms with E-state index in [1.807, 2.05) is 41.7 Å². The molecule has 8 aromatic carbocycles. The van der Waals surface area contributed by atoms with Gasteiger partial charge in [-0.25, -0.2) is 19.5 Å². The Hall–Kier alpha value is -8.06. The molecular weight excluding hydrogens is 775 g/mol. The van der Waals surface area contributed by atoms with Crippen molar-refractivity contribution in [2.24, 2.45) is 0 Å². The molecular formula is C56H35N5S. The maximum atomic E-state index is 5.48. The Labute approximate surface area is 361 Å². The number of rotatable bonds is 7. The molecule has 0 N–H and O–H groups in total. The van der Waals surface area contributed by atoms with E-state index in [0.717, 1.165) is 72.2 Å². The normalized spacial score (nSPS) is 11.5. The first-order valence-electron chi connectivity index (χ1n) is 20.7. The molecule has 0 atom stereocenters. The molecule has 0 aliphatic carbocycles. The van der Waals surface area contributed by atoms with E-state index in [9.17, 15) is 0 Å². The van der Waals surface area contributed by atoms with Crippen LogP contribution in [-0.4, -0.2) is 24.6 Å². The van der Waals surface area contributed by atoms with Crippen LogP contribution < -0.4 is 0 Å². The van der Waals surface area contributed by atoms with Gasteiger partial charge in [-0.05, 0) is 52.4 Å². The predicted molar refractivity (Wildman–Crippen MR) is 257 cm³/mol. The van der Waals surface area contributed by atoms with Gasteiger partial charge < -0.3 is 0 Å². The number of thiophene rings is 1. The summed E-state index contributed by atoms with van der Waals surface area (Å²) in [6, 6.07) is 74.5. The minimum Gasteiger partial charge on any atom is -0.231 e. The summed E-state index contributed by atoms with van der Waals surface area (Å²) in [6.07, 6.45) is 0. The third-order valence-corrected chi connectivity index (χ3v) is 12.8. The quantitative estimate of drug-likeness (QED) is 0.161. The van der Waals surface area contributed by atoms with Crippen molar-refractivity contribution in [1.29, 1.82) is 0 Å². The van der Waals surface area contributed by atoms with Crippen LogP contribution in [0.1, 0.15) is 0 Å². The van der Waals surface area contributed by atoms with E-state index in [1.54, 1.807) is 0 Å². The van der Waals surface area contributed by atoms with Crippen molar-refractivity contribution in [3.8, 4) is 78.9 Å². The van der Waals surface area contributed by atoms with Crippen molar-refractivity contribution in [3.05, 3.63) is 212 Å². The molecule has 0 amide bonds. The van der Waals surface area contributed by atoms with Gasteiger partial charge in [0.25, 0.3) is 0 Å². The van der Waals surface area contributed by atoms with E-state index < -0.39 is 0 Å². The molecule has 62 heavy (non-hydrogen) atoms. The van der Waals surface area contributed by atoms with Crippen molar-refractivity contribution in [2.45, 2.75) is 0 Å². The third-order valence-electron chi connectivity index (χ3n) is 11.7. The van der Waals surface area contributed by atoms with Crippen molar-refractivity contribution < 1.29 is 0 Å². The zero-order valence-corrected chi connectivity index (χ0v) is 34.2. The van der Waals surface area contributed by atoms with Crippen LogP contribution in [0.3, 0.4) is 0 Å². The molecule has 6 heteroatoms. The Morgan fingerprint density at radius 3 is 1.61 bits per heavy atom. The number of fused-ring (bicyclic) bond motifs is 6. The van der Waals surface area contributed by atoms with Gasteiger partial charge in [-0.1, -0.05) is 182 Å². The lowest BCUT2D eigenvalue weighted by Crippen LogP contribution is -2.00. The van der Waals surface area contributed by atoms with Crippen LogP contribution in [0.5, 0.6) is 0 Å². The van der Waals surface area contributed by atoms with Crippen LogP contribution in [0.4, 0.5) is 0 Å². The summed E-state index contributed by atoms with van der Waals surface area (Å²) in [7, 11) is 0. The Kier molecular flexibility index (Phi) is 8.61. The monoisotopic (exact) mass is 809 g/mol. The van der Waals surface area contributed by atoms with E-state index in [-0.39, 0.29) is 0 Å². The van der Waals surface area contributed by atoms with E-state index in [1.165, 1.54) is 25.7 Å². The Bertz CT molecular complexity index is 3610. The van der Waals surface area contributed by atoms with Gasteiger partial charge in [0.1, 0.15) is 5.69 Å². The first-order chi connectivity index (χ1) is 30.7. The van der Waals surface area contributed by atoms with Crippen LogP contribution in [0.25, 0.3) is 115 Å². The summed E-state index contributed by atoms with van der Waals surface area (Å²) >= 11 is 1.84. The fourth-order valence-electron chi connectivity index (χ4n) is 8.66. The highest BCUT2D eigenvalue weighted by Gasteiger charge is 2.22. The average Bonchev–Trinajstić information content (AvgIpc) is 3.94. The summed E-state index contributed by atoms with van der Waals surface area (Å²) in [5, 5.41) is 10.4. The molecule has 0 aliphatic rings. The van der Waals surface area contributed by atoms with E-state index in [4.69, 9.17) is 20.1 Å². The van der Waals surface area contributed by atoms with E-state index in [2.05, 4.69) is 187 Å². The van der Waals surface area contributed by atoms with Gasteiger partial charge in [0, 0.05) is 58.9 Å². The lowest BCUT2D eigenvalue weighted by molar-refractivity contribution is 0.979. The van der Waals surface area contributed by atoms with Crippen molar-refractivity contribution in [2.75, 3.05) is 0 Å². The predicted octanol–water partition coefficient (Wildman–Crippen LogP) is 14.7. The maximum absolute atomic E-state index is 5.48. The van der Waals surface area contributed by atoms with Crippen LogP contribution in [0, 0.1) is 0 Å². The van der Waals surface area contributed by atoms with Gasteiger partial charge in [-0.2, -0.15) is 5.10 Å². The highest BCUT2D eigenvalue weighted by Crippen LogP contribution is 2.42.